The Morgan fingerprint density at radius 1 is 1.29 bits per heavy atom. The summed E-state index contributed by atoms with van der Waals surface area (Å²) >= 11 is 0. The topological polar surface area (TPSA) is 97.5 Å². The smallest absolute Gasteiger partial charge is 0.407 e. The molecule has 7 nitrogen and oxygen atoms in total. The first kappa shape index (κ1) is 17.9. The number of benzene rings is 1. The summed E-state index contributed by atoms with van der Waals surface area (Å²) in [5.41, 5.74) is 0.148. The zero-order valence-corrected chi connectivity index (χ0v) is 14.3. The van der Waals surface area contributed by atoms with Gasteiger partial charge >= 0.3 is 6.09 Å². The summed E-state index contributed by atoms with van der Waals surface area (Å²) in [7, 11) is 0. The lowest BCUT2D eigenvalue weighted by Gasteiger charge is -2.24. The maximum Gasteiger partial charge on any atom is 0.407 e. The normalized spacial score (nSPS) is 14.0. The Hall–Kier alpha value is -2.41. The van der Waals surface area contributed by atoms with Gasteiger partial charge in [0.2, 0.25) is 11.8 Å². The maximum atomic E-state index is 11.9. The van der Waals surface area contributed by atoms with Gasteiger partial charge in [0.25, 0.3) is 0 Å². The van der Waals surface area contributed by atoms with E-state index in [-0.39, 0.29) is 5.89 Å². The number of ether oxygens (including phenoxy) is 1. The second kappa shape index (κ2) is 7.44. The van der Waals surface area contributed by atoms with Crippen LogP contribution in [0, 0.1) is 0 Å². The molecule has 0 aliphatic carbocycles. The third kappa shape index (κ3) is 4.79. The molecule has 0 saturated heterocycles. The Labute approximate surface area is 141 Å². The first-order chi connectivity index (χ1) is 11.3. The minimum Gasteiger partial charge on any atom is -0.444 e. The Morgan fingerprint density at radius 2 is 1.96 bits per heavy atom. The summed E-state index contributed by atoms with van der Waals surface area (Å²) in [4.78, 5) is 11.9. The molecule has 0 saturated carbocycles. The highest BCUT2D eigenvalue weighted by molar-refractivity contribution is 5.68. The Morgan fingerprint density at radius 3 is 2.54 bits per heavy atom. The molecule has 1 heterocycles. The van der Waals surface area contributed by atoms with E-state index in [1.165, 1.54) is 0 Å². The van der Waals surface area contributed by atoms with Gasteiger partial charge in [0.1, 0.15) is 5.60 Å². The average Bonchev–Trinajstić information content (AvgIpc) is 3.01. The molecule has 2 atom stereocenters. The van der Waals surface area contributed by atoms with E-state index in [1.54, 1.807) is 20.8 Å². The molecule has 130 valence electrons. The van der Waals surface area contributed by atoms with E-state index in [4.69, 9.17) is 9.15 Å². The van der Waals surface area contributed by atoms with Crippen molar-refractivity contribution in [2.24, 2.45) is 0 Å². The molecule has 7 heteroatoms. The number of amides is 1. The van der Waals surface area contributed by atoms with Crippen LogP contribution in [0.5, 0.6) is 0 Å². The van der Waals surface area contributed by atoms with Crippen LogP contribution in [0.2, 0.25) is 0 Å². The van der Waals surface area contributed by atoms with Gasteiger partial charge in [0.15, 0.2) is 6.10 Å². The first-order valence-corrected chi connectivity index (χ1v) is 7.86. The molecule has 24 heavy (non-hydrogen) atoms. The fraction of sp³-hybridized carbons (Fsp3) is 0.471. The van der Waals surface area contributed by atoms with E-state index in [0.717, 1.165) is 5.56 Å². The van der Waals surface area contributed by atoms with Crippen LogP contribution in [0.1, 0.15) is 46.1 Å². The van der Waals surface area contributed by atoms with Crippen LogP contribution in [0.15, 0.2) is 34.7 Å². The van der Waals surface area contributed by atoms with Crippen LogP contribution in [-0.4, -0.2) is 33.0 Å². The second-order valence-electron chi connectivity index (χ2n) is 6.42. The third-order valence-corrected chi connectivity index (χ3v) is 3.24. The summed E-state index contributed by atoms with van der Waals surface area (Å²) in [6, 6.07) is 8.67. The molecule has 1 aromatic carbocycles. The number of aliphatic hydroxyl groups is 1. The first-order valence-electron chi connectivity index (χ1n) is 7.86. The molecule has 0 spiro atoms. The number of carbonyl (C=O) groups excluding carboxylic acids is 1. The minimum atomic E-state index is -1.12. The van der Waals surface area contributed by atoms with Gasteiger partial charge in [-0.25, -0.2) is 4.79 Å². The molecule has 0 aliphatic heterocycles. The van der Waals surface area contributed by atoms with Crippen LogP contribution in [-0.2, 0) is 4.74 Å². The van der Waals surface area contributed by atoms with Crippen LogP contribution in [0.4, 0.5) is 4.79 Å². The van der Waals surface area contributed by atoms with Crippen LogP contribution in [0.25, 0.3) is 11.5 Å². The van der Waals surface area contributed by atoms with Crippen molar-refractivity contribution in [1.82, 2.24) is 15.5 Å². The molecular formula is C17H23N3O4. The Bertz CT molecular complexity index is 664. The van der Waals surface area contributed by atoms with Crippen LogP contribution in [0.3, 0.4) is 0 Å². The third-order valence-electron chi connectivity index (χ3n) is 3.24. The van der Waals surface area contributed by atoms with E-state index >= 15 is 0 Å². The van der Waals surface area contributed by atoms with E-state index in [2.05, 4.69) is 15.5 Å². The number of carbonyl (C=O) groups is 1. The predicted molar refractivity (Wildman–Crippen MR) is 88.1 cm³/mol. The number of aromatic nitrogens is 2. The molecule has 2 rings (SSSR count). The number of nitrogens with zero attached hydrogens (tertiary/aromatic N) is 2. The van der Waals surface area contributed by atoms with Gasteiger partial charge in [-0.3, -0.25) is 0 Å². The van der Waals surface area contributed by atoms with Gasteiger partial charge in [0.05, 0.1) is 6.04 Å². The quantitative estimate of drug-likeness (QED) is 0.872. The molecule has 2 aromatic rings. The average molecular weight is 333 g/mol. The molecular weight excluding hydrogens is 310 g/mol. The maximum absolute atomic E-state index is 11.9. The molecule has 0 aliphatic rings. The van der Waals surface area contributed by atoms with Crippen LogP contribution < -0.4 is 5.32 Å². The van der Waals surface area contributed by atoms with Gasteiger partial charge in [-0.2, -0.15) is 0 Å². The zero-order valence-electron chi connectivity index (χ0n) is 14.3. The number of nitrogens with one attached hydrogen (secondary N) is 1. The zero-order chi connectivity index (χ0) is 17.7. The lowest BCUT2D eigenvalue weighted by atomic mass is 10.1. The summed E-state index contributed by atoms with van der Waals surface area (Å²) < 4.78 is 10.7. The number of aliphatic hydroxyl groups excluding tert-OH is 1. The highest BCUT2D eigenvalue weighted by Crippen LogP contribution is 2.23. The van der Waals surface area contributed by atoms with Crippen molar-refractivity contribution in [1.29, 1.82) is 0 Å². The van der Waals surface area contributed by atoms with Gasteiger partial charge in [0, 0.05) is 5.56 Å². The minimum absolute atomic E-state index is 0.0526. The molecule has 0 radical (unpaired) electrons. The standard InChI is InChI=1S/C17H23N3O4/c1-5-12(18-16(22)24-17(2,3)4)13(21)15-20-19-14(23-15)11-9-7-6-8-10-11/h6-10,12-13,21H,5H2,1-4H3,(H,18,22)/t12-,13?/m0/s1. The number of rotatable bonds is 5. The fourth-order valence-electron chi connectivity index (χ4n) is 2.09. The largest absolute Gasteiger partial charge is 0.444 e. The fourth-order valence-corrected chi connectivity index (χ4v) is 2.09. The van der Waals surface area contributed by atoms with E-state index in [0.29, 0.717) is 12.3 Å². The van der Waals surface area contributed by atoms with Crippen molar-refractivity contribution >= 4 is 6.09 Å². The van der Waals surface area contributed by atoms with E-state index < -0.39 is 23.8 Å². The highest BCUT2D eigenvalue weighted by atomic mass is 16.6. The lowest BCUT2D eigenvalue weighted by molar-refractivity contribution is 0.0385. The molecule has 1 amide bonds. The predicted octanol–water partition coefficient (Wildman–Crippen LogP) is 3.07. The molecule has 0 fully saturated rings. The van der Waals surface area contributed by atoms with E-state index in [9.17, 15) is 9.90 Å². The molecule has 1 aromatic heterocycles. The monoisotopic (exact) mass is 333 g/mol. The number of hydrogen-bond donors (Lipinski definition) is 2. The molecule has 2 N–H and O–H groups in total. The Balaban J connectivity index is 2.07. The van der Waals surface area contributed by atoms with Crippen molar-refractivity contribution in [2.45, 2.75) is 51.9 Å². The van der Waals surface area contributed by atoms with Gasteiger partial charge in [-0.15, -0.1) is 10.2 Å². The van der Waals surface area contributed by atoms with Crippen molar-refractivity contribution in [3.8, 4) is 11.5 Å². The SMILES string of the molecule is CC[C@H](NC(=O)OC(C)(C)C)C(O)c1nnc(-c2ccccc2)o1. The Kier molecular flexibility index (Phi) is 5.56. The summed E-state index contributed by atoms with van der Waals surface area (Å²) in [6.07, 6.45) is -1.24. The summed E-state index contributed by atoms with van der Waals surface area (Å²) in [5.74, 6) is 0.369. The number of alkyl carbamates (subject to hydrolysis) is 1. The van der Waals surface area contributed by atoms with Gasteiger partial charge in [-0.1, -0.05) is 25.1 Å². The summed E-state index contributed by atoms with van der Waals surface area (Å²) in [6.45, 7) is 7.15. The van der Waals surface area contributed by atoms with Crippen molar-refractivity contribution in [3.63, 3.8) is 0 Å². The second-order valence-corrected chi connectivity index (χ2v) is 6.42. The van der Waals surface area contributed by atoms with Gasteiger partial charge < -0.3 is 19.6 Å². The summed E-state index contributed by atoms with van der Waals surface area (Å²) in [5, 5.41) is 20.9. The van der Waals surface area contributed by atoms with Crippen molar-refractivity contribution < 1.29 is 19.1 Å². The van der Waals surface area contributed by atoms with E-state index in [1.807, 2.05) is 37.3 Å². The highest BCUT2D eigenvalue weighted by Gasteiger charge is 2.28. The number of hydrogen-bond acceptors (Lipinski definition) is 6. The lowest BCUT2D eigenvalue weighted by Crippen LogP contribution is -2.42. The van der Waals surface area contributed by atoms with Gasteiger partial charge in [-0.05, 0) is 39.3 Å². The van der Waals surface area contributed by atoms with Crippen molar-refractivity contribution in [3.05, 3.63) is 36.2 Å². The van der Waals surface area contributed by atoms with Crippen LogP contribution >= 0.6 is 0 Å². The van der Waals surface area contributed by atoms with Crippen molar-refractivity contribution in [2.75, 3.05) is 0 Å². The molecule has 0 bridgehead atoms. The molecule has 1 unspecified atom stereocenters.